The summed E-state index contributed by atoms with van der Waals surface area (Å²) in [5, 5.41) is 17.5. The molecule has 1 N–H and O–H groups in total. The first kappa shape index (κ1) is 10.5. The van der Waals surface area contributed by atoms with Crippen LogP contribution in [-0.2, 0) is 6.61 Å². The van der Waals surface area contributed by atoms with Crippen molar-refractivity contribution in [2.45, 2.75) is 13.5 Å². The van der Waals surface area contributed by atoms with E-state index in [0.717, 1.165) is 6.07 Å². The molecular weight excluding hydrogens is 185 g/mol. The number of hydrogen-bond donors (Lipinski definition) is 1. The summed E-state index contributed by atoms with van der Waals surface area (Å²) < 4.78 is 18.3. The van der Waals surface area contributed by atoms with Crippen LogP contribution in [0.15, 0.2) is 12.1 Å². The molecule has 0 spiro atoms. The van der Waals surface area contributed by atoms with E-state index in [4.69, 9.17) is 15.1 Å². The summed E-state index contributed by atoms with van der Waals surface area (Å²) in [5.41, 5.74) is 0.272. The minimum atomic E-state index is -0.664. The van der Waals surface area contributed by atoms with Gasteiger partial charge in [0.25, 0.3) is 0 Å². The Morgan fingerprint density at radius 1 is 1.57 bits per heavy atom. The van der Waals surface area contributed by atoms with Gasteiger partial charge in [-0.1, -0.05) is 0 Å². The molecule has 0 fully saturated rings. The van der Waals surface area contributed by atoms with E-state index in [9.17, 15) is 4.39 Å². The van der Waals surface area contributed by atoms with Gasteiger partial charge in [0.2, 0.25) is 0 Å². The number of benzene rings is 1. The summed E-state index contributed by atoms with van der Waals surface area (Å²) in [5.74, 6) is -0.485. The summed E-state index contributed by atoms with van der Waals surface area (Å²) >= 11 is 0. The molecule has 0 saturated heterocycles. The number of hydrogen-bond acceptors (Lipinski definition) is 3. The second-order valence-electron chi connectivity index (χ2n) is 2.65. The fraction of sp³-hybridized carbons (Fsp3) is 0.300. The molecule has 1 aromatic rings. The van der Waals surface area contributed by atoms with Crippen LogP contribution in [0.1, 0.15) is 18.1 Å². The summed E-state index contributed by atoms with van der Waals surface area (Å²) in [6, 6.07) is 4.31. The van der Waals surface area contributed by atoms with Gasteiger partial charge in [-0.2, -0.15) is 5.26 Å². The van der Waals surface area contributed by atoms with Gasteiger partial charge in [0.1, 0.15) is 23.2 Å². The largest absolute Gasteiger partial charge is 0.492 e. The first-order chi connectivity index (χ1) is 6.72. The number of nitrogens with zero attached hydrogens (tertiary/aromatic N) is 1. The van der Waals surface area contributed by atoms with E-state index in [2.05, 4.69) is 0 Å². The molecule has 74 valence electrons. The van der Waals surface area contributed by atoms with Gasteiger partial charge >= 0.3 is 0 Å². The van der Waals surface area contributed by atoms with Gasteiger partial charge in [0.05, 0.1) is 13.2 Å². The van der Waals surface area contributed by atoms with Crippen LogP contribution in [0.3, 0.4) is 0 Å². The molecule has 0 aliphatic carbocycles. The Bertz CT molecular complexity index is 371. The second kappa shape index (κ2) is 4.58. The highest BCUT2D eigenvalue weighted by Crippen LogP contribution is 2.23. The molecule has 0 bridgehead atoms. The quantitative estimate of drug-likeness (QED) is 0.796. The summed E-state index contributed by atoms with van der Waals surface area (Å²) in [6.07, 6.45) is 0. The van der Waals surface area contributed by atoms with Crippen LogP contribution in [0.5, 0.6) is 5.75 Å². The highest BCUT2D eigenvalue weighted by Gasteiger charge is 2.11. The van der Waals surface area contributed by atoms with E-state index < -0.39 is 5.82 Å². The molecule has 0 aromatic heterocycles. The smallest absolute Gasteiger partial charge is 0.145 e. The molecule has 0 saturated carbocycles. The molecule has 0 amide bonds. The lowest BCUT2D eigenvalue weighted by molar-refractivity contribution is 0.279. The number of rotatable bonds is 3. The van der Waals surface area contributed by atoms with Gasteiger partial charge < -0.3 is 9.84 Å². The molecule has 0 aliphatic heterocycles. The van der Waals surface area contributed by atoms with Crippen LogP contribution in [-0.4, -0.2) is 11.7 Å². The molecule has 0 heterocycles. The maximum absolute atomic E-state index is 13.2. The lowest BCUT2D eigenvalue weighted by atomic mass is 10.1. The standard InChI is InChI=1S/C10H10FNO2/c1-2-14-10-4-7(6-13)3-9(11)8(10)5-12/h3-4,13H,2,6H2,1H3. The van der Waals surface area contributed by atoms with Crippen LogP contribution in [0.2, 0.25) is 0 Å². The van der Waals surface area contributed by atoms with Crippen molar-refractivity contribution in [3.63, 3.8) is 0 Å². The van der Waals surface area contributed by atoms with Crippen molar-refractivity contribution in [3.05, 3.63) is 29.1 Å². The molecule has 14 heavy (non-hydrogen) atoms. The van der Waals surface area contributed by atoms with Gasteiger partial charge in [0.15, 0.2) is 0 Å². The maximum atomic E-state index is 13.2. The third-order valence-electron chi connectivity index (χ3n) is 1.71. The topological polar surface area (TPSA) is 53.2 Å². The molecule has 3 nitrogen and oxygen atoms in total. The highest BCUT2D eigenvalue weighted by atomic mass is 19.1. The summed E-state index contributed by atoms with van der Waals surface area (Å²) in [7, 11) is 0. The average Bonchev–Trinajstić information content (AvgIpc) is 2.18. The summed E-state index contributed by atoms with van der Waals surface area (Å²) in [6.45, 7) is 1.82. The maximum Gasteiger partial charge on any atom is 0.145 e. The summed E-state index contributed by atoms with van der Waals surface area (Å²) in [4.78, 5) is 0. The Labute approximate surface area is 81.4 Å². The van der Waals surface area contributed by atoms with Crippen molar-refractivity contribution in [2.75, 3.05) is 6.61 Å². The van der Waals surface area contributed by atoms with Gasteiger partial charge in [0, 0.05) is 0 Å². The zero-order chi connectivity index (χ0) is 10.6. The molecule has 0 unspecified atom stereocenters. The normalized spacial score (nSPS) is 9.57. The van der Waals surface area contributed by atoms with Crippen molar-refractivity contribution in [2.24, 2.45) is 0 Å². The van der Waals surface area contributed by atoms with Gasteiger partial charge in [-0.3, -0.25) is 0 Å². The minimum Gasteiger partial charge on any atom is -0.492 e. The van der Waals surface area contributed by atoms with E-state index in [1.807, 2.05) is 0 Å². The van der Waals surface area contributed by atoms with E-state index >= 15 is 0 Å². The van der Waals surface area contributed by atoms with Crippen LogP contribution in [0.4, 0.5) is 4.39 Å². The number of ether oxygens (including phenoxy) is 1. The Hall–Kier alpha value is -1.60. The van der Waals surface area contributed by atoms with Crippen molar-refractivity contribution >= 4 is 0 Å². The van der Waals surface area contributed by atoms with Gasteiger partial charge in [-0.05, 0) is 24.6 Å². The fourth-order valence-corrected chi connectivity index (χ4v) is 1.10. The van der Waals surface area contributed by atoms with Crippen molar-refractivity contribution < 1.29 is 14.2 Å². The van der Waals surface area contributed by atoms with E-state index in [1.165, 1.54) is 6.07 Å². The second-order valence-corrected chi connectivity index (χ2v) is 2.65. The van der Waals surface area contributed by atoms with Crippen LogP contribution in [0.25, 0.3) is 0 Å². The van der Waals surface area contributed by atoms with Gasteiger partial charge in [-0.25, -0.2) is 4.39 Å². The van der Waals surface area contributed by atoms with Crippen LogP contribution in [0, 0.1) is 17.1 Å². The van der Waals surface area contributed by atoms with E-state index in [1.54, 1.807) is 13.0 Å². The Morgan fingerprint density at radius 3 is 2.79 bits per heavy atom. The third-order valence-corrected chi connectivity index (χ3v) is 1.71. The Balaban J connectivity index is 3.22. The Morgan fingerprint density at radius 2 is 2.29 bits per heavy atom. The molecule has 0 radical (unpaired) electrons. The minimum absolute atomic E-state index is 0.121. The molecular formula is C10H10FNO2. The zero-order valence-electron chi connectivity index (χ0n) is 7.75. The number of aliphatic hydroxyl groups is 1. The number of aliphatic hydroxyl groups excluding tert-OH is 1. The van der Waals surface area contributed by atoms with Crippen molar-refractivity contribution in [1.82, 2.24) is 0 Å². The average molecular weight is 195 g/mol. The first-order valence-corrected chi connectivity index (χ1v) is 4.19. The number of nitriles is 1. The fourth-order valence-electron chi connectivity index (χ4n) is 1.10. The van der Waals surface area contributed by atoms with E-state index in [-0.39, 0.29) is 17.9 Å². The Kier molecular flexibility index (Phi) is 3.43. The van der Waals surface area contributed by atoms with Crippen LogP contribution >= 0.6 is 0 Å². The lowest BCUT2D eigenvalue weighted by Crippen LogP contribution is -1.99. The first-order valence-electron chi connectivity index (χ1n) is 4.19. The predicted octanol–water partition coefficient (Wildman–Crippen LogP) is 1.59. The van der Waals surface area contributed by atoms with Crippen molar-refractivity contribution in [3.8, 4) is 11.8 Å². The zero-order valence-corrected chi connectivity index (χ0v) is 7.75. The molecule has 0 atom stereocenters. The molecule has 1 rings (SSSR count). The predicted molar refractivity (Wildman–Crippen MR) is 48.2 cm³/mol. The SMILES string of the molecule is CCOc1cc(CO)cc(F)c1C#N. The number of halogens is 1. The van der Waals surface area contributed by atoms with E-state index in [0.29, 0.717) is 12.2 Å². The molecule has 4 heteroatoms. The van der Waals surface area contributed by atoms with Crippen molar-refractivity contribution in [1.29, 1.82) is 5.26 Å². The van der Waals surface area contributed by atoms with Crippen LogP contribution < -0.4 is 4.74 Å². The third kappa shape index (κ3) is 2.01. The van der Waals surface area contributed by atoms with Gasteiger partial charge in [-0.15, -0.1) is 0 Å². The monoisotopic (exact) mass is 195 g/mol. The lowest BCUT2D eigenvalue weighted by Gasteiger charge is -2.07. The molecule has 0 aliphatic rings. The highest BCUT2D eigenvalue weighted by molar-refractivity contribution is 5.46. The molecule has 1 aromatic carbocycles.